The molecule has 15 rings (SSSR count). The molecule has 7 heteroatoms. The van der Waals surface area contributed by atoms with Crippen molar-refractivity contribution in [2.24, 2.45) is 0 Å². The van der Waals surface area contributed by atoms with Crippen LogP contribution in [0.1, 0.15) is 18.7 Å². The largest absolute Gasteiger partial charge is 0.309 e. The van der Waals surface area contributed by atoms with E-state index >= 15 is 0 Å². The monoisotopic (exact) mass is 895 g/mol. The van der Waals surface area contributed by atoms with Crippen molar-refractivity contribution in [3.05, 3.63) is 230 Å². The Morgan fingerprint density at radius 1 is 0.300 bits per heavy atom. The summed E-state index contributed by atoms with van der Waals surface area (Å²) >= 11 is 0. The van der Waals surface area contributed by atoms with Crippen molar-refractivity contribution in [2.75, 3.05) is 0 Å². The number of nitrogens with zero attached hydrogens (tertiary/aromatic N) is 7. The summed E-state index contributed by atoms with van der Waals surface area (Å²) < 4.78 is 9.60. The third-order valence-electron chi connectivity index (χ3n) is 14.4. The lowest BCUT2D eigenvalue weighted by Crippen LogP contribution is -2.08. The van der Waals surface area contributed by atoms with Crippen molar-refractivity contribution in [3.63, 3.8) is 0 Å². The van der Waals surface area contributed by atoms with Gasteiger partial charge in [0.05, 0.1) is 61.2 Å². The van der Waals surface area contributed by atoms with Gasteiger partial charge in [0, 0.05) is 54.2 Å². The van der Waals surface area contributed by atoms with Crippen molar-refractivity contribution >= 4 is 92.8 Å². The summed E-state index contributed by atoms with van der Waals surface area (Å²) in [4.78, 5) is 15.6. The molecule has 0 unspecified atom stereocenters. The molecule has 0 N–H and O–H groups in total. The van der Waals surface area contributed by atoms with E-state index in [0.717, 1.165) is 84.7 Å². The van der Waals surface area contributed by atoms with Crippen molar-refractivity contribution in [2.45, 2.75) is 12.8 Å². The Balaban J connectivity index is 1.04. The van der Waals surface area contributed by atoms with Crippen LogP contribution in [0, 0.1) is 0 Å². The van der Waals surface area contributed by atoms with Crippen LogP contribution in [0.25, 0.3) is 127 Å². The second-order valence-electron chi connectivity index (χ2n) is 18.3. The van der Waals surface area contributed by atoms with Crippen LogP contribution in [0.4, 0.5) is 0 Å². The number of rotatable bonds is 6. The van der Waals surface area contributed by atoms with Gasteiger partial charge in [-0.05, 0) is 79.6 Å². The third kappa shape index (κ3) is 5.72. The summed E-state index contributed by atoms with van der Waals surface area (Å²) in [7, 11) is 0. The highest BCUT2D eigenvalue weighted by atomic mass is 15.2. The van der Waals surface area contributed by atoms with Gasteiger partial charge in [0.25, 0.3) is 0 Å². The molecule has 0 atom stereocenters. The second-order valence-corrected chi connectivity index (χ2v) is 18.3. The molecule has 5 heterocycles. The van der Waals surface area contributed by atoms with E-state index in [4.69, 9.17) is 15.0 Å². The zero-order valence-corrected chi connectivity index (χ0v) is 37.9. The average molecular weight is 896 g/mol. The molecule has 0 saturated carbocycles. The first-order valence-corrected chi connectivity index (χ1v) is 24.0. The summed E-state index contributed by atoms with van der Waals surface area (Å²) in [5.74, 6) is 1.91. The van der Waals surface area contributed by atoms with Gasteiger partial charge in [0.1, 0.15) is 0 Å². The summed E-state index contributed by atoms with van der Waals surface area (Å²) in [6, 6.07) is 74.7. The fraction of sp³-hybridized carbons (Fsp3) is 0.0317. The Labute approximate surface area is 401 Å². The van der Waals surface area contributed by atoms with Gasteiger partial charge in [-0.2, -0.15) is 9.97 Å². The second kappa shape index (κ2) is 15.1. The van der Waals surface area contributed by atoms with Crippen LogP contribution in [0.15, 0.2) is 224 Å². The van der Waals surface area contributed by atoms with E-state index in [-0.39, 0.29) is 0 Å². The first-order valence-electron chi connectivity index (χ1n) is 24.0. The highest BCUT2D eigenvalue weighted by molar-refractivity contribution is 6.19. The molecule has 1 aliphatic carbocycles. The van der Waals surface area contributed by atoms with Crippen molar-refractivity contribution in [3.8, 4) is 34.4 Å². The van der Waals surface area contributed by atoms with E-state index in [1.54, 1.807) is 0 Å². The molecule has 1 aliphatic rings. The number of hydrogen-bond donors (Lipinski definition) is 0. The van der Waals surface area contributed by atoms with Crippen molar-refractivity contribution in [1.82, 2.24) is 33.2 Å². The molecule has 5 aromatic heterocycles. The minimum atomic E-state index is 0.590. The number of para-hydroxylation sites is 6. The van der Waals surface area contributed by atoms with Crippen LogP contribution in [-0.2, 0) is 0 Å². The van der Waals surface area contributed by atoms with Gasteiger partial charge < -0.3 is 13.7 Å². The maximum atomic E-state index is 5.29. The Bertz CT molecular complexity index is 4300. The van der Waals surface area contributed by atoms with Gasteiger partial charge >= 0.3 is 0 Å². The van der Waals surface area contributed by atoms with Gasteiger partial charge in [-0.1, -0.05) is 158 Å². The maximum absolute atomic E-state index is 5.29. The Kier molecular flexibility index (Phi) is 8.35. The predicted molar refractivity (Wildman–Crippen MR) is 289 cm³/mol. The Morgan fingerprint density at radius 3 is 1.11 bits per heavy atom. The fourth-order valence-corrected chi connectivity index (χ4v) is 11.4. The molecular formula is C63H41N7. The number of fused-ring (bicyclic) bond motifs is 12. The molecule has 9 aromatic carbocycles. The smallest absolute Gasteiger partial charge is 0.238 e. The topological polar surface area (TPSA) is 58.4 Å². The zero-order chi connectivity index (χ0) is 45.9. The third-order valence-corrected chi connectivity index (χ3v) is 14.4. The van der Waals surface area contributed by atoms with Gasteiger partial charge in [0.15, 0.2) is 11.6 Å². The van der Waals surface area contributed by atoms with E-state index in [1.165, 1.54) is 43.6 Å². The molecular weight excluding hydrogens is 855 g/mol. The molecule has 14 aromatic rings. The summed E-state index contributed by atoms with van der Waals surface area (Å²) in [5, 5.41) is 9.46. The molecule has 0 spiro atoms. The SMILES string of the molecule is C1=CC(c2nc(-c3ccccc3)nc(-n3c4ccccc4c4cc5c(cc43)c3ccccc3n5-c3cc(-n4c5ccccc5c5ccccc54)cc(-n4c5ccccc5c5ccccc54)c3)n2)=CCC1. The molecule has 0 aliphatic heterocycles. The average Bonchev–Trinajstić information content (AvgIpc) is 4.15. The van der Waals surface area contributed by atoms with Crippen molar-refractivity contribution in [1.29, 1.82) is 0 Å². The van der Waals surface area contributed by atoms with E-state index in [1.807, 2.05) is 18.2 Å². The summed E-state index contributed by atoms with van der Waals surface area (Å²) in [6.07, 6.45) is 8.55. The van der Waals surface area contributed by atoms with Gasteiger partial charge in [-0.25, -0.2) is 4.98 Å². The van der Waals surface area contributed by atoms with Gasteiger partial charge in [0.2, 0.25) is 5.95 Å². The molecule has 70 heavy (non-hydrogen) atoms. The lowest BCUT2D eigenvalue weighted by molar-refractivity contribution is 0.928. The number of hydrogen-bond acceptors (Lipinski definition) is 3. The lowest BCUT2D eigenvalue weighted by Gasteiger charge is -2.17. The van der Waals surface area contributed by atoms with Crippen molar-refractivity contribution < 1.29 is 0 Å². The summed E-state index contributed by atoms with van der Waals surface area (Å²) in [6.45, 7) is 0. The molecule has 0 saturated heterocycles. The molecule has 0 radical (unpaired) electrons. The Morgan fingerprint density at radius 2 is 0.671 bits per heavy atom. The quantitative estimate of drug-likeness (QED) is 0.167. The highest BCUT2D eigenvalue weighted by Gasteiger charge is 2.23. The van der Waals surface area contributed by atoms with Crippen LogP contribution in [-0.4, -0.2) is 33.2 Å². The van der Waals surface area contributed by atoms with Gasteiger partial charge in [-0.3, -0.25) is 4.57 Å². The highest BCUT2D eigenvalue weighted by Crippen LogP contribution is 2.42. The van der Waals surface area contributed by atoms with Crippen LogP contribution in [0.5, 0.6) is 0 Å². The predicted octanol–water partition coefficient (Wildman–Crippen LogP) is 15.7. The number of allylic oxidation sites excluding steroid dienone is 4. The zero-order valence-electron chi connectivity index (χ0n) is 37.9. The minimum Gasteiger partial charge on any atom is -0.309 e. The van der Waals surface area contributed by atoms with Gasteiger partial charge in [-0.15, -0.1) is 0 Å². The van der Waals surface area contributed by atoms with Crippen LogP contribution < -0.4 is 0 Å². The van der Waals surface area contributed by atoms with Crippen LogP contribution >= 0.6 is 0 Å². The summed E-state index contributed by atoms with van der Waals surface area (Å²) in [5.41, 5.74) is 14.2. The normalized spacial score (nSPS) is 13.1. The standard InChI is InChI=1S/C63H41N7/c1-3-19-40(20-4-1)61-64-62(41-21-5-2-6-22-41)66-63(65-61)70-58-34-18-12-28-50(58)52-38-59-51(39-60(52)70)49-27-11-17-33-57(49)69(59)44-36-42(67-53-29-13-7-23-45(53)46-24-8-14-30-54(46)67)35-43(37-44)68-55-31-15-9-25-47(55)48-26-10-16-32-56(48)68/h1,3-5,7-39H,2,6H2. The minimum absolute atomic E-state index is 0.590. The Hall–Kier alpha value is -9.33. The molecule has 0 bridgehead atoms. The molecule has 328 valence electrons. The van der Waals surface area contributed by atoms with E-state index < -0.39 is 0 Å². The maximum Gasteiger partial charge on any atom is 0.238 e. The lowest BCUT2D eigenvalue weighted by atomic mass is 10.1. The fourth-order valence-electron chi connectivity index (χ4n) is 11.4. The molecule has 0 amide bonds. The number of benzene rings is 9. The molecule has 7 nitrogen and oxygen atoms in total. The molecule has 0 fully saturated rings. The first kappa shape index (κ1) is 38.7. The van der Waals surface area contributed by atoms with Crippen LogP contribution in [0.3, 0.4) is 0 Å². The van der Waals surface area contributed by atoms with Crippen LogP contribution in [0.2, 0.25) is 0 Å². The number of aromatic nitrogens is 7. The van der Waals surface area contributed by atoms with E-state index in [2.05, 4.69) is 225 Å². The van der Waals surface area contributed by atoms with E-state index in [9.17, 15) is 0 Å². The van der Waals surface area contributed by atoms with E-state index in [0.29, 0.717) is 17.6 Å². The first-order chi connectivity index (χ1) is 34.7.